The summed E-state index contributed by atoms with van der Waals surface area (Å²) in [7, 11) is 0. The fraction of sp³-hybridized carbons (Fsp3) is 0.400. The zero-order chi connectivity index (χ0) is 23.4. The zero-order valence-electron chi connectivity index (χ0n) is 18.3. The van der Waals surface area contributed by atoms with Crippen LogP contribution in [0.25, 0.3) is 11.1 Å². The first-order valence-electron chi connectivity index (χ1n) is 11.2. The summed E-state index contributed by atoms with van der Waals surface area (Å²) >= 11 is 0. The summed E-state index contributed by atoms with van der Waals surface area (Å²) in [4.78, 5) is 36.3. The van der Waals surface area contributed by atoms with Crippen molar-refractivity contribution in [3.05, 3.63) is 59.7 Å². The second-order valence-corrected chi connectivity index (χ2v) is 8.76. The van der Waals surface area contributed by atoms with E-state index in [9.17, 15) is 14.4 Å². The van der Waals surface area contributed by atoms with Gasteiger partial charge in [0.1, 0.15) is 12.6 Å². The van der Waals surface area contributed by atoms with Crippen molar-refractivity contribution >= 4 is 18.0 Å². The quantitative estimate of drug-likeness (QED) is 0.488. The number of ether oxygens (including phenoxy) is 1. The van der Waals surface area contributed by atoms with E-state index >= 15 is 0 Å². The molecule has 0 spiro atoms. The number of nitrogens with one attached hydrogen (secondary N) is 2. The van der Waals surface area contributed by atoms with Crippen molar-refractivity contribution in [2.24, 2.45) is 0 Å². The molecule has 33 heavy (non-hydrogen) atoms. The van der Waals surface area contributed by atoms with Crippen LogP contribution in [0.1, 0.15) is 49.1 Å². The van der Waals surface area contributed by atoms with Crippen LogP contribution in [0.3, 0.4) is 0 Å². The number of carbonyl (C=O) groups is 3. The van der Waals surface area contributed by atoms with Gasteiger partial charge in [-0.25, -0.2) is 9.59 Å². The first-order valence-corrected chi connectivity index (χ1v) is 11.2. The number of aliphatic hydroxyl groups excluding tert-OH is 1. The highest BCUT2D eigenvalue weighted by Crippen LogP contribution is 2.44. The summed E-state index contributed by atoms with van der Waals surface area (Å²) in [5.74, 6) is -1.90. The van der Waals surface area contributed by atoms with Crippen LogP contribution in [0.15, 0.2) is 48.5 Å². The number of amides is 2. The number of aliphatic carboxylic acids is 1. The topological polar surface area (TPSA) is 125 Å². The molecule has 1 saturated carbocycles. The first kappa shape index (κ1) is 22.8. The zero-order valence-corrected chi connectivity index (χ0v) is 18.3. The Kier molecular flexibility index (Phi) is 6.65. The third kappa shape index (κ3) is 4.85. The second kappa shape index (κ2) is 9.62. The van der Waals surface area contributed by atoms with Crippen LogP contribution < -0.4 is 10.6 Å². The predicted molar refractivity (Wildman–Crippen MR) is 121 cm³/mol. The number of carbonyl (C=O) groups excluding carboxylic acids is 2. The van der Waals surface area contributed by atoms with Crippen molar-refractivity contribution in [3.63, 3.8) is 0 Å². The lowest BCUT2D eigenvalue weighted by atomic mass is 9.92. The number of aliphatic hydroxyl groups is 1. The maximum atomic E-state index is 12.8. The van der Waals surface area contributed by atoms with Crippen molar-refractivity contribution in [2.75, 3.05) is 13.2 Å². The molecular formula is C25H28N2O6. The van der Waals surface area contributed by atoms with Crippen LogP contribution in [0.5, 0.6) is 0 Å². The lowest BCUT2D eigenvalue weighted by molar-refractivity contribution is -0.143. The molecule has 2 aliphatic carbocycles. The summed E-state index contributed by atoms with van der Waals surface area (Å²) in [6.45, 7) is -0.526. The minimum Gasteiger partial charge on any atom is -0.480 e. The van der Waals surface area contributed by atoms with Crippen LogP contribution in [0, 0.1) is 0 Å². The molecule has 0 radical (unpaired) electrons. The molecule has 8 heteroatoms. The number of alkyl carbamates (subject to hydrolysis) is 1. The Morgan fingerprint density at radius 3 is 2.12 bits per heavy atom. The monoisotopic (exact) mass is 452 g/mol. The molecule has 174 valence electrons. The molecule has 1 fully saturated rings. The van der Waals surface area contributed by atoms with E-state index in [1.165, 1.54) is 0 Å². The summed E-state index contributed by atoms with van der Waals surface area (Å²) in [5.41, 5.74) is 3.73. The molecule has 0 unspecified atom stereocenters. The van der Waals surface area contributed by atoms with Gasteiger partial charge in [-0.05, 0) is 35.1 Å². The van der Waals surface area contributed by atoms with Crippen molar-refractivity contribution in [1.29, 1.82) is 0 Å². The van der Waals surface area contributed by atoms with Crippen molar-refractivity contribution in [2.45, 2.75) is 49.6 Å². The van der Waals surface area contributed by atoms with Crippen molar-refractivity contribution in [1.82, 2.24) is 10.6 Å². The highest BCUT2D eigenvalue weighted by Gasteiger charge is 2.39. The Labute approximate surface area is 192 Å². The maximum absolute atomic E-state index is 12.8. The average Bonchev–Trinajstić information content (AvgIpc) is 3.38. The molecule has 0 aliphatic heterocycles. The number of carboxylic acids is 1. The molecule has 0 saturated heterocycles. The van der Waals surface area contributed by atoms with Gasteiger partial charge in [0.2, 0.25) is 5.91 Å². The molecule has 1 atom stereocenters. The molecular weight excluding hydrogens is 424 g/mol. The third-order valence-electron chi connectivity index (χ3n) is 6.59. The molecule has 8 nitrogen and oxygen atoms in total. The van der Waals surface area contributed by atoms with Crippen LogP contribution in [0.4, 0.5) is 4.79 Å². The molecule has 2 aromatic rings. The number of hydrogen-bond acceptors (Lipinski definition) is 5. The lowest BCUT2D eigenvalue weighted by Gasteiger charge is -2.30. The number of rotatable bonds is 8. The molecule has 4 rings (SSSR count). The van der Waals surface area contributed by atoms with E-state index in [0.717, 1.165) is 35.1 Å². The molecule has 2 aliphatic rings. The normalized spacial score (nSPS) is 17.0. The van der Waals surface area contributed by atoms with Gasteiger partial charge in [0, 0.05) is 12.3 Å². The number of benzene rings is 2. The van der Waals surface area contributed by atoms with E-state index in [1.54, 1.807) is 0 Å². The fourth-order valence-electron chi connectivity index (χ4n) is 4.99. The summed E-state index contributed by atoms with van der Waals surface area (Å²) < 4.78 is 5.63. The van der Waals surface area contributed by atoms with Gasteiger partial charge in [-0.15, -0.1) is 0 Å². The van der Waals surface area contributed by atoms with Gasteiger partial charge in [-0.3, -0.25) is 4.79 Å². The van der Waals surface area contributed by atoms with Gasteiger partial charge in [-0.1, -0.05) is 61.4 Å². The van der Waals surface area contributed by atoms with Crippen LogP contribution >= 0.6 is 0 Å². The van der Waals surface area contributed by atoms with Crippen molar-refractivity contribution < 1.29 is 29.3 Å². The van der Waals surface area contributed by atoms with E-state index in [4.69, 9.17) is 14.9 Å². The Morgan fingerprint density at radius 2 is 1.58 bits per heavy atom. The molecule has 0 aromatic heterocycles. The highest BCUT2D eigenvalue weighted by molar-refractivity contribution is 5.85. The smallest absolute Gasteiger partial charge is 0.407 e. The van der Waals surface area contributed by atoms with Crippen LogP contribution in [-0.4, -0.2) is 53.0 Å². The Hall–Kier alpha value is -3.39. The van der Waals surface area contributed by atoms with Gasteiger partial charge in [0.05, 0.1) is 12.1 Å². The van der Waals surface area contributed by atoms with E-state index in [2.05, 4.69) is 22.8 Å². The Balaban J connectivity index is 1.40. The SMILES string of the molecule is O=C(CC1(NC(=O)OCC2c3ccccc3-c3ccccc32)CCCC1)N[C@@H](CO)C(=O)O. The van der Waals surface area contributed by atoms with Crippen LogP contribution in [-0.2, 0) is 14.3 Å². The largest absolute Gasteiger partial charge is 0.480 e. The van der Waals surface area contributed by atoms with E-state index in [0.29, 0.717) is 12.8 Å². The summed E-state index contributed by atoms with van der Waals surface area (Å²) in [6, 6.07) is 14.8. The maximum Gasteiger partial charge on any atom is 0.407 e. The van der Waals surface area contributed by atoms with Gasteiger partial charge in [0.25, 0.3) is 0 Å². The first-order chi connectivity index (χ1) is 15.9. The highest BCUT2D eigenvalue weighted by atomic mass is 16.5. The minimum absolute atomic E-state index is 0.0631. The van der Waals surface area contributed by atoms with Gasteiger partial charge >= 0.3 is 12.1 Å². The number of fused-ring (bicyclic) bond motifs is 3. The number of hydrogen-bond donors (Lipinski definition) is 4. The fourth-order valence-corrected chi connectivity index (χ4v) is 4.99. The third-order valence-corrected chi connectivity index (χ3v) is 6.59. The predicted octanol–water partition coefficient (Wildman–Crippen LogP) is 2.79. The van der Waals surface area contributed by atoms with E-state index < -0.39 is 36.2 Å². The lowest BCUT2D eigenvalue weighted by Crippen LogP contribution is -2.52. The standard InChI is InChI=1S/C25H28N2O6/c28-14-21(23(30)31)26-22(29)13-25(11-5-6-12-25)27-24(32)33-15-20-18-9-3-1-7-16(18)17-8-2-4-10-19(17)20/h1-4,7-10,20-21,28H,5-6,11-15H2,(H,26,29)(H,27,32)(H,30,31)/t21-/m0/s1. The van der Waals surface area contributed by atoms with Gasteiger partial charge in [0.15, 0.2) is 0 Å². The molecule has 0 heterocycles. The van der Waals surface area contributed by atoms with E-state index in [1.807, 2.05) is 36.4 Å². The van der Waals surface area contributed by atoms with E-state index in [-0.39, 0.29) is 18.9 Å². The molecule has 0 bridgehead atoms. The van der Waals surface area contributed by atoms with Crippen molar-refractivity contribution in [3.8, 4) is 11.1 Å². The number of carboxylic acid groups (broad SMARTS) is 1. The summed E-state index contributed by atoms with van der Waals surface area (Å²) in [5, 5.41) is 23.4. The van der Waals surface area contributed by atoms with Gasteiger partial charge < -0.3 is 25.6 Å². The van der Waals surface area contributed by atoms with Crippen LogP contribution in [0.2, 0.25) is 0 Å². The second-order valence-electron chi connectivity index (χ2n) is 8.76. The molecule has 4 N–H and O–H groups in total. The Bertz CT molecular complexity index is 1000. The minimum atomic E-state index is -1.37. The van der Waals surface area contributed by atoms with Gasteiger partial charge in [-0.2, -0.15) is 0 Å². The summed E-state index contributed by atoms with van der Waals surface area (Å²) in [6.07, 6.45) is 2.23. The average molecular weight is 453 g/mol. The molecule has 2 aromatic carbocycles. The Morgan fingerprint density at radius 1 is 1.00 bits per heavy atom. The molecule has 2 amide bonds.